The number of carbonyl (C=O) groups excluding carboxylic acids is 1. The summed E-state index contributed by atoms with van der Waals surface area (Å²) in [5.74, 6) is 0.914. The molecule has 9 heteroatoms. The molecule has 0 radical (unpaired) electrons. The lowest BCUT2D eigenvalue weighted by Crippen LogP contribution is -2.52. The van der Waals surface area contributed by atoms with Crippen LogP contribution in [0.25, 0.3) is 22.3 Å². The molecular formula is C22H26ClN7O. The second-order valence-electron chi connectivity index (χ2n) is 8.42. The molecule has 5 rings (SSSR count). The maximum atomic E-state index is 12.8. The zero-order valence-corrected chi connectivity index (χ0v) is 18.5. The summed E-state index contributed by atoms with van der Waals surface area (Å²) in [7, 11) is 3.67. The fraction of sp³-hybridized carbons (Fsp3) is 0.455. The van der Waals surface area contributed by atoms with E-state index in [1.165, 1.54) is 0 Å². The second-order valence-corrected chi connectivity index (χ2v) is 8.80. The number of rotatable bonds is 4. The molecule has 1 N–H and O–H groups in total. The van der Waals surface area contributed by atoms with Gasteiger partial charge in [-0.15, -0.1) is 0 Å². The summed E-state index contributed by atoms with van der Waals surface area (Å²) in [5.41, 5.74) is 3.57. The van der Waals surface area contributed by atoms with Gasteiger partial charge in [0.1, 0.15) is 5.65 Å². The average Bonchev–Trinajstić information content (AvgIpc) is 3.33. The first kappa shape index (κ1) is 20.1. The van der Waals surface area contributed by atoms with Crippen LogP contribution in [0.1, 0.15) is 12.8 Å². The summed E-state index contributed by atoms with van der Waals surface area (Å²) in [5, 5.41) is 5.82. The highest BCUT2D eigenvalue weighted by Gasteiger charge is 2.37. The van der Waals surface area contributed by atoms with Gasteiger partial charge in [0, 0.05) is 70.4 Å². The first-order valence-corrected chi connectivity index (χ1v) is 11.0. The molecular weight excluding hydrogens is 414 g/mol. The van der Waals surface area contributed by atoms with Crippen molar-refractivity contribution in [2.45, 2.75) is 12.8 Å². The van der Waals surface area contributed by atoms with E-state index in [2.05, 4.69) is 25.0 Å². The number of nitrogens with zero attached hydrogens (tertiary/aromatic N) is 6. The summed E-state index contributed by atoms with van der Waals surface area (Å²) in [4.78, 5) is 29.0. The number of aromatic nitrogens is 4. The number of nitrogens with one attached hydrogen (secondary N) is 1. The fourth-order valence-corrected chi connectivity index (χ4v) is 5.04. The molecule has 8 nitrogen and oxygen atoms in total. The Labute approximate surface area is 185 Å². The molecule has 3 aromatic rings. The van der Waals surface area contributed by atoms with Crippen LogP contribution in [0.15, 0.2) is 29.6 Å². The van der Waals surface area contributed by atoms with Gasteiger partial charge in [-0.05, 0) is 24.8 Å². The molecule has 2 aliphatic rings. The Balaban J connectivity index is 1.32. The largest absolute Gasteiger partial charge is 0.367 e. The molecule has 0 bridgehead atoms. The van der Waals surface area contributed by atoms with Crippen LogP contribution >= 0.6 is 11.6 Å². The molecule has 1 saturated heterocycles. The van der Waals surface area contributed by atoms with Crippen molar-refractivity contribution < 1.29 is 4.79 Å². The molecule has 4 heterocycles. The number of halogens is 1. The van der Waals surface area contributed by atoms with Crippen LogP contribution in [0.4, 0.5) is 5.69 Å². The number of amides is 1. The predicted molar refractivity (Wildman–Crippen MR) is 123 cm³/mol. The lowest BCUT2D eigenvalue weighted by atomic mass is 9.75. The highest BCUT2D eigenvalue weighted by molar-refractivity contribution is 6.39. The number of H-pyrrole nitrogens is 1. The van der Waals surface area contributed by atoms with E-state index < -0.39 is 0 Å². The van der Waals surface area contributed by atoms with Crippen molar-refractivity contribution in [3.05, 3.63) is 29.7 Å². The molecule has 1 saturated carbocycles. The van der Waals surface area contributed by atoms with Crippen molar-refractivity contribution in [2.75, 3.05) is 38.1 Å². The van der Waals surface area contributed by atoms with E-state index >= 15 is 0 Å². The topological polar surface area (TPSA) is 82.4 Å². The number of hydrogen-bond acceptors (Lipinski definition) is 5. The molecule has 0 atom stereocenters. The first-order chi connectivity index (χ1) is 15.0. The zero-order chi connectivity index (χ0) is 21.5. The maximum Gasteiger partial charge on any atom is 0.225 e. The Morgan fingerprint density at radius 3 is 2.74 bits per heavy atom. The van der Waals surface area contributed by atoms with Crippen molar-refractivity contribution in [2.24, 2.45) is 23.9 Å². The number of aryl methyl sites for hydroxylation is 1. The van der Waals surface area contributed by atoms with Crippen LogP contribution < -0.4 is 4.90 Å². The third kappa shape index (κ3) is 3.59. The van der Waals surface area contributed by atoms with Crippen molar-refractivity contribution in [3.8, 4) is 11.3 Å². The van der Waals surface area contributed by atoms with Crippen molar-refractivity contribution in [3.63, 3.8) is 0 Å². The minimum Gasteiger partial charge on any atom is -0.367 e. The molecule has 0 aromatic carbocycles. The van der Waals surface area contributed by atoms with E-state index in [4.69, 9.17) is 11.6 Å². The SMILES string of the molecule is CN=CC1CC(C(=O)N2CCN(c3ccnc4[nH]c(-c5cnn(C)c5)c(Cl)c34)CC2)C1. The second kappa shape index (κ2) is 8.00. The van der Waals surface area contributed by atoms with Gasteiger partial charge in [0.2, 0.25) is 5.91 Å². The third-order valence-electron chi connectivity index (χ3n) is 6.42. The van der Waals surface area contributed by atoms with E-state index in [0.29, 0.717) is 16.8 Å². The van der Waals surface area contributed by atoms with Crippen LogP contribution in [-0.4, -0.2) is 70.0 Å². The maximum absolute atomic E-state index is 12.8. The fourth-order valence-electron chi connectivity index (χ4n) is 4.70. The van der Waals surface area contributed by atoms with Crippen molar-refractivity contribution >= 4 is 40.4 Å². The van der Waals surface area contributed by atoms with E-state index in [0.717, 1.165) is 67.0 Å². The number of pyridine rings is 1. The molecule has 1 aliphatic carbocycles. The van der Waals surface area contributed by atoms with Gasteiger partial charge in [0.15, 0.2) is 0 Å². The molecule has 2 fully saturated rings. The summed E-state index contributed by atoms with van der Waals surface area (Å²) in [6.45, 7) is 3.01. The molecule has 31 heavy (non-hydrogen) atoms. The number of anilines is 1. The average molecular weight is 440 g/mol. The number of fused-ring (bicyclic) bond motifs is 1. The Hall–Kier alpha value is -2.87. The third-order valence-corrected chi connectivity index (χ3v) is 6.80. The van der Waals surface area contributed by atoms with E-state index in [1.54, 1.807) is 24.1 Å². The minimum atomic E-state index is 0.156. The number of piperazine rings is 1. The summed E-state index contributed by atoms with van der Waals surface area (Å²) >= 11 is 6.80. The smallest absolute Gasteiger partial charge is 0.225 e. The molecule has 1 amide bonds. The molecule has 0 unspecified atom stereocenters. The highest BCUT2D eigenvalue weighted by atomic mass is 35.5. The van der Waals surface area contributed by atoms with Gasteiger partial charge in [0.05, 0.1) is 28.0 Å². The Morgan fingerprint density at radius 2 is 2.06 bits per heavy atom. The van der Waals surface area contributed by atoms with Gasteiger partial charge < -0.3 is 19.8 Å². The Kier molecular flexibility index (Phi) is 5.17. The molecule has 1 aliphatic heterocycles. The number of carbonyl (C=O) groups is 1. The van der Waals surface area contributed by atoms with Gasteiger partial charge in [0.25, 0.3) is 0 Å². The zero-order valence-electron chi connectivity index (χ0n) is 17.8. The first-order valence-electron chi connectivity index (χ1n) is 10.7. The van der Waals surface area contributed by atoms with Gasteiger partial charge in [-0.1, -0.05) is 11.6 Å². The van der Waals surface area contributed by atoms with E-state index in [9.17, 15) is 4.79 Å². The summed E-state index contributed by atoms with van der Waals surface area (Å²) in [6, 6.07) is 2.01. The Morgan fingerprint density at radius 1 is 1.29 bits per heavy atom. The summed E-state index contributed by atoms with van der Waals surface area (Å²) in [6.07, 6.45) is 9.35. The lowest BCUT2D eigenvalue weighted by Gasteiger charge is -2.40. The predicted octanol–water partition coefficient (Wildman–Crippen LogP) is 2.99. The normalized spacial score (nSPS) is 21.8. The van der Waals surface area contributed by atoms with E-state index in [-0.39, 0.29) is 5.92 Å². The number of aromatic amines is 1. The van der Waals surface area contributed by atoms with Crippen LogP contribution in [0.3, 0.4) is 0 Å². The van der Waals surface area contributed by atoms with Crippen LogP contribution in [0.2, 0.25) is 5.02 Å². The number of hydrogen-bond donors (Lipinski definition) is 1. The quantitative estimate of drug-likeness (QED) is 0.633. The van der Waals surface area contributed by atoms with Gasteiger partial charge in [-0.2, -0.15) is 5.10 Å². The van der Waals surface area contributed by atoms with Crippen molar-refractivity contribution in [1.29, 1.82) is 0 Å². The van der Waals surface area contributed by atoms with Crippen LogP contribution in [-0.2, 0) is 11.8 Å². The molecule has 3 aromatic heterocycles. The summed E-state index contributed by atoms with van der Waals surface area (Å²) < 4.78 is 1.75. The number of aliphatic imine (C=N–C) groups is 1. The molecule has 0 spiro atoms. The monoisotopic (exact) mass is 439 g/mol. The van der Waals surface area contributed by atoms with E-state index in [1.807, 2.05) is 30.4 Å². The highest BCUT2D eigenvalue weighted by Crippen LogP contribution is 2.39. The Bertz CT molecular complexity index is 1140. The van der Waals surface area contributed by atoms with Gasteiger partial charge in [-0.25, -0.2) is 4.98 Å². The van der Waals surface area contributed by atoms with Crippen molar-refractivity contribution in [1.82, 2.24) is 24.6 Å². The molecule has 162 valence electrons. The lowest BCUT2D eigenvalue weighted by molar-refractivity contribution is -0.139. The van der Waals surface area contributed by atoms with Gasteiger partial charge >= 0.3 is 0 Å². The van der Waals surface area contributed by atoms with Crippen LogP contribution in [0.5, 0.6) is 0 Å². The standard InChI is InChI=1S/C22H26ClN7O/c1-24-11-14-9-15(10-14)22(31)30-7-5-29(6-8-30)17-3-4-25-21-18(17)19(23)20(27-21)16-12-26-28(2)13-16/h3-4,11-15H,5-10H2,1-2H3,(H,25,27). The van der Waals surface area contributed by atoms with Crippen LogP contribution in [0, 0.1) is 11.8 Å². The van der Waals surface area contributed by atoms with Gasteiger partial charge in [-0.3, -0.25) is 9.48 Å². The minimum absolute atomic E-state index is 0.156.